The lowest BCUT2D eigenvalue weighted by Gasteiger charge is -2.25. The first-order valence-corrected chi connectivity index (χ1v) is 12.1. The number of hydrogen-bond donors (Lipinski definition) is 2. The van der Waals surface area contributed by atoms with E-state index >= 15 is 0 Å². The summed E-state index contributed by atoms with van der Waals surface area (Å²) < 4.78 is 27.4. The van der Waals surface area contributed by atoms with E-state index in [-0.39, 0.29) is 0 Å². The van der Waals surface area contributed by atoms with Crippen molar-refractivity contribution in [2.45, 2.75) is 55.8 Å². The number of guanidine groups is 1. The largest absolute Gasteiger partial charge is 0.370 e. The number of nitrogens with one attached hydrogen (secondary N) is 1. The van der Waals surface area contributed by atoms with Crippen LogP contribution >= 0.6 is 11.3 Å². The van der Waals surface area contributed by atoms with Gasteiger partial charge in [0.05, 0.1) is 6.54 Å². The maximum atomic E-state index is 12.7. The Morgan fingerprint density at radius 3 is 2.78 bits per heavy atom. The van der Waals surface area contributed by atoms with Gasteiger partial charge < -0.3 is 11.1 Å². The minimum Gasteiger partial charge on any atom is -0.370 e. The van der Waals surface area contributed by atoms with Gasteiger partial charge in [0.25, 0.3) is 10.0 Å². The third-order valence-corrected chi connectivity index (χ3v) is 8.81. The van der Waals surface area contributed by atoms with Gasteiger partial charge in [-0.25, -0.2) is 13.4 Å². The van der Waals surface area contributed by atoms with Crippen LogP contribution in [0.1, 0.15) is 43.9 Å². The van der Waals surface area contributed by atoms with Crippen molar-refractivity contribution in [2.24, 2.45) is 10.7 Å². The van der Waals surface area contributed by atoms with Gasteiger partial charge in [0.15, 0.2) is 5.96 Å². The summed E-state index contributed by atoms with van der Waals surface area (Å²) in [5.74, 6) is 0.423. The molecule has 7 nitrogen and oxygen atoms in total. The zero-order valence-corrected chi connectivity index (χ0v) is 17.7. The number of nitrogens with two attached hydrogens (primary N) is 1. The molecule has 2 saturated heterocycles. The second-order valence-corrected chi connectivity index (χ2v) is 10.5. The molecule has 0 amide bonds. The Balaban J connectivity index is 1.53. The molecule has 0 saturated carbocycles. The van der Waals surface area contributed by atoms with E-state index in [4.69, 9.17) is 5.73 Å². The fourth-order valence-electron chi connectivity index (χ4n) is 3.80. The summed E-state index contributed by atoms with van der Waals surface area (Å²) in [7, 11) is -3.36. The molecule has 2 fully saturated rings. The summed E-state index contributed by atoms with van der Waals surface area (Å²) >= 11 is 1.29. The maximum absolute atomic E-state index is 12.7. The Bertz CT molecular complexity index is 741. The zero-order valence-electron chi connectivity index (χ0n) is 16.1. The lowest BCUT2D eigenvalue weighted by atomic mass is 10.2. The van der Waals surface area contributed by atoms with Crippen LogP contribution in [0.25, 0.3) is 0 Å². The Kier molecular flexibility index (Phi) is 7.13. The van der Waals surface area contributed by atoms with Gasteiger partial charge in [0.2, 0.25) is 0 Å². The van der Waals surface area contributed by atoms with E-state index in [1.807, 2.05) is 6.07 Å². The van der Waals surface area contributed by atoms with Crippen molar-refractivity contribution in [2.75, 3.05) is 32.7 Å². The number of piperidine rings is 1. The van der Waals surface area contributed by atoms with Crippen molar-refractivity contribution in [1.82, 2.24) is 14.5 Å². The van der Waals surface area contributed by atoms with Crippen LogP contribution in [0.2, 0.25) is 0 Å². The molecular weight excluding hydrogens is 382 g/mol. The van der Waals surface area contributed by atoms with Gasteiger partial charge in [-0.3, -0.25) is 4.90 Å². The molecule has 0 bridgehead atoms. The molecular formula is C18H31N5O2S2. The molecule has 3 rings (SSSR count). The van der Waals surface area contributed by atoms with Crippen molar-refractivity contribution >= 4 is 27.3 Å². The number of thiophene rings is 1. The Morgan fingerprint density at radius 2 is 2.04 bits per heavy atom. The van der Waals surface area contributed by atoms with E-state index in [9.17, 15) is 8.42 Å². The van der Waals surface area contributed by atoms with E-state index in [2.05, 4.69) is 22.1 Å². The number of aliphatic imine (C=N–C) groups is 1. The van der Waals surface area contributed by atoms with Gasteiger partial charge in [-0.15, -0.1) is 11.3 Å². The molecule has 1 unspecified atom stereocenters. The molecule has 3 heterocycles. The van der Waals surface area contributed by atoms with Crippen molar-refractivity contribution in [3.05, 3.63) is 17.0 Å². The van der Waals surface area contributed by atoms with Crippen LogP contribution in [-0.4, -0.2) is 62.3 Å². The van der Waals surface area contributed by atoms with E-state index in [0.29, 0.717) is 35.8 Å². The second-order valence-electron chi connectivity index (χ2n) is 7.19. The molecule has 3 N–H and O–H groups in total. The number of hydrogen-bond acceptors (Lipinski definition) is 5. The molecule has 0 aromatic carbocycles. The SMILES string of the molecule is CCN1CCCC1CNC(N)=NCc1ccc(S(=O)(=O)N2CCCCC2)s1. The predicted octanol–water partition coefficient (Wildman–Crippen LogP) is 1.81. The minimum absolute atomic E-state index is 0.404. The fourth-order valence-corrected chi connectivity index (χ4v) is 6.75. The quantitative estimate of drug-likeness (QED) is 0.525. The number of sulfonamides is 1. The Labute approximate surface area is 166 Å². The summed E-state index contributed by atoms with van der Waals surface area (Å²) in [6.07, 6.45) is 5.43. The topological polar surface area (TPSA) is 91.0 Å². The van der Waals surface area contributed by atoms with E-state index in [1.54, 1.807) is 10.4 Å². The van der Waals surface area contributed by atoms with Gasteiger partial charge in [0.1, 0.15) is 4.21 Å². The average molecular weight is 414 g/mol. The smallest absolute Gasteiger partial charge is 0.252 e. The molecule has 0 radical (unpaired) electrons. The van der Waals surface area contributed by atoms with Crippen LogP contribution in [-0.2, 0) is 16.6 Å². The third-order valence-electron chi connectivity index (χ3n) is 5.38. The molecule has 9 heteroatoms. The van der Waals surface area contributed by atoms with E-state index in [0.717, 1.165) is 43.8 Å². The van der Waals surface area contributed by atoms with Crippen LogP contribution in [0.4, 0.5) is 0 Å². The number of rotatable bonds is 7. The minimum atomic E-state index is -3.36. The first-order chi connectivity index (χ1) is 13.0. The first-order valence-electron chi connectivity index (χ1n) is 9.87. The lowest BCUT2D eigenvalue weighted by molar-refractivity contribution is 0.267. The van der Waals surface area contributed by atoms with Crippen LogP contribution < -0.4 is 11.1 Å². The fraction of sp³-hybridized carbons (Fsp3) is 0.722. The Morgan fingerprint density at radius 1 is 1.26 bits per heavy atom. The van der Waals surface area contributed by atoms with Crippen LogP contribution in [0.5, 0.6) is 0 Å². The van der Waals surface area contributed by atoms with Crippen LogP contribution in [0.15, 0.2) is 21.3 Å². The zero-order chi connectivity index (χ0) is 19.3. The normalized spacial score (nSPS) is 23.0. The maximum Gasteiger partial charge on any atom is 0.252 e. The average Bonchev–Trinajstić information content (AvgIpc) is 3.34. The van der Waals surface area contributed by atoms with Crippen LogP contribution in [0.3, 0.4) is 0 Å². The molecule has 27 heavy (non-hydrogen) atoms. The molecule has 0 spiro atoms. The standard InChI is InChI=1S/C18H31N5O2S2/c1-2-22-10-6-7-15(22)13-20-18(19)21-14-16-8-9-17(26-16)27(24,25)23-11-4-3-5-12-23/h8-9,15H,2-7,10-14H2,1H3,(H3,19,20,21). The summed E-state index contributed by atoms with van der Waals surface area (Å²) in [4.78, 5) is 7.75. The van der Waals surface area contributed by atoms with Crippen LogP contribution in [0, 0.1) is 0 Å². The molecule has 2 aliphatic rings. The lowest BCUT2D eigenvalue weighted by Crippen LogP contribution is -2.42. The van der Waals surface area contributed by atoms with E-state index < -0.39 is 10.0 Å². The molecule has 2 aliphatic heterocycles. The number of likely N-dealkylation sites (N-methyl/N-ethyl adjacent to an activating group) is 1. The molecule has 1 aromatic heterocycles. The molecule has 1 atom stereocenters. The highest BCUT2D eigenvalue weighted by Crippen LogP contribution is 2.27. The van der Waals surface area contributed by atoms with Crippen molar-refractivity contribution in [3.63, 3.8) is 0 Å². The summed E-state index contributed by atoms with van der Waals surface area (Å²) in [5, 5.41) is 3.21. The molecule has 0 aliphatic carbocycles. The Hall–Kier alpha value is -1.16. The van der Waals surface area contributed by atoms with Gasteiger partial charge in [-0.05, 0) is 50.9 Å². The van der Waals surface area contributed by atoms with Gasteiger partial charge in [-0.1, -0.05) is 13.3 Å². The highest BCUT2D eigenvalue weighted by Gasteiger charge is 2.27. The number of likely N-dealkylation sites (tertiary alicyclic amines) is 1. The highest BCUT2D eigenvalue weighted by molar-refractivity contribution is 7.91. The molecule has 1 aromatic rings. The summed E-state index contributed by atoms with van der Waals surface area (Å²) in [5.41, 5.74) is 5.99. The van der Waals surface area contributed by atoms with E-state index in [1.165, 1.54) is 24.2 Å². The first kappa shape index (κ1) is 20.6. The van der Waals surface area contributed by atoms with Crippen molar-refractivity contribution < 1.29 is 8.42 Å². The van der Waals surface area contributed by atoms with Crippen molar-refractivity contribution in [3.8, 4) is 0 Å². The molecule has 152 valence electrons. The summed E-state index contributed by atoms with van der Waals surface area (Å²) in [6.45, 7) is 6.86. The monoisotopic (exact) mass is 413 g/mol. The van der Waals surface area contributed by atoms with Gasteiger partial charge >= 0.3 is 0 Å². The van der Waals surface area contributed by atoms with Crippen molar-refractivity contribution in [1.29, 1.82) is 0 Å². The van der Waals surface area contributed by atoms with Gasteiger partial charge in [-0.2, -0.15) is 4.31 Å². The number of nitrogens with zero attached hydrogens (tertiary/aromatic N) is 3. The third kappa shape index (κ3) is 5.22. The highest BCUT2D eigenvalue weighted by atomic mass is 32.2. The van der Waals surface area contributed by atoms with Gasteiger partial charge in [0, 0.05) is 30.6 Å². The summed E-state index contributed by atoms with van der Waals surface area (Å²) in [6, 6.07) is 4.06. The second kappa shape index (κ2) is 9.36. The predicted molar refractivity (Wildman–Crippen MR) is 111 cm³/mol.